The van der Waals surface area contributed by atoms with Crippen LogP contribution in [0.15, 0.2) is 60.7 Å². The predicted molar refractivity (Wildman–Crippen MR) is 140 cm³/mol. The van der Waals surface area contributed by atoms with Gasteiger partial charge in [0.2, 0.25) is 5.91 Å². The Labute approximate surface area is 205 Å². The first-order valence-electron chi connectivity index (χ1n) is 11.7. The molecule has 2 heterocycles. The summed E-state index contributed by atoms with van der Waals surface area (Å²) in [6, 6.07) is 19.0. The molecule has 0 radical (unpaired) electrons. The average Bonchev–Trinajstić information content (AvgIpc) is 3.55. The number of rotatable bonds is 7. The molecular formula is C27H37N3O4. The third kappa shape index (κ3) is 4.07. The molecule has 7 heteroatoms. The monoisotopic (exact) mass is 467 g/mol. The van der Waals surface area contributed by atoms with Crippen LogP contribution in [0, 0.1) is 0 Å². The van der Waals surface area contributed by atoms with Gasteiger partial charge in [0.15, 0.2) is 11.5 Å². The van der Waals surface area contributed by atoms with Crippen LogP contribution in [0.5, 0.6) is 11.5 Å². The van der Waals surface area contributed by atoms with E-state index in [2.05, 4.69) is 27.3 Å². The van der Waals surface area contributed by atoms with Gasteiger partial charge in [-0.3, -0.25) is 4.79 Å². The molecule has 1 saturated carbocycles. The Morgan fingerprint density at radius 2 is 2.00 bits per heavy atom. The van der Waals surface area contributed by atoms with E-state index in [9.17, 15) is 15.0 Å². The van der Waals surface area contributed by atoms with E-state index < -0.39 is 5.41 Å². The van der Waals surface area contributed by atoms with Gasteiger partial charge in [-0.1, -0.05) is 24.3 Å². The van der Waals surface area contributed by atoms with Gasteiger partial charge >= 0.3 is 0 Å². The average molecular weight is 468 g/mol. The largest absolute Gasteiger partial charge is 0.504 e. The summed E-state index contributed by atoms with van der Waals surface area (Å²) in [5.74, 6) is 0.812. The molecule has 5 rings (SSSR count). The summed E-state index contributed by atoms with van der Waals surface area (Å²) < 4.78 is 5.21. The van der Waals surface area contributed by atoms with Crippen molar-refractivity contribution in [3.63, 3.8) is 0 Å². The molecule has 34 heavy (non-hydrogen) atoms. The minimum Gasteiger partial charge on any atom is -0.504 e. The van der Waals surface area contributed by atoms with Gasteiger partial charge in [0.25, 0.3) is 0 Å². The van der Waals surface area contributed by atoms with Crippen molar-refractivity contribution in [3.05, 3.63) is 66.2 Å². The van der Waals surface area contributed by atoms with Crippen molar-refractivity contribution in [1.82, 2.24) is 4.98 Å². The van der Waals surface area contributed by atoms with Crippen LogP contribution in [0.1, 0.15) is 37.0 Å². The maximum Gasteiger partial charge on any atom is 0.236 e. The zero-order valence-corrected chi connectivity index (χ0v) is 19.2. The molecule has 1 amide bonds. The molecule has 7 nitrogen and oxygen atoms in total. The highest BCUT2D eigenvalue weighted by Crippen LogP contribution is 2.50. The number of methoxy groups -OCH3 is 1. The lowest BCUT2D eigenvalue weighted by molar-refractivity contribution is -0.118. The van der Waals surface area contributed by atoms with Gasteiger partial charge in [0, 0.05) is 23.5 Å². The van der Waals surface area contributed by atoms with Crippen LogP contribution in [0.3, 0.4) is 0 Å². The van der Waals surface area contributed by atoms with E-state index in [1.807, 2.05) is 24.3 Å². The molecule has 1 aliphatic heterocycles. The molecule has 3 aromatic rings. The van der Waals surface area contributed by atoms with Crippen LogP contribution in [0.4, 0.5) is 11.5 Å². The molecule has 2 fully saturated rings. The number of carbonyl (C=O) groups is 1. The number of nitrogens with one attached hydrogen (secondary N) is 1. The number of anilines is 2. The molecule has 0 bridgehead atoms. The number of aliphatic hydroxyl groups is 1. The number of hydrogen-bond acceptors (Lipinski definition) is 6. The van der Waals surface area contributed by atoms with Crippen LogP contribution in [0.2, 0.25) is 0 Å². The highest BCUT2D eigenvalue weighted by molar-refractivity contribution is 6.01. The summed E-state index contributed by atoms with van der Waals surface area (Å²) in [5, 5.41) is 22.5. The Kier molecular flexibility index (Phi) is 5.87. The molecule has 1 saturated heterocycles. The maximum absolute atomic E-state index is 13.2. The van der Waals surface area contributed by atoms with Crippen molar-refractivity contribution >= 4 is 17.4 Å². The van der Waals surface area contributed by atoms with E-state index in [1.165, 1.54) is 7.11 Å². The topological polar surface area (TPSA) is 94.9 Å². The Morgan fingerprint density at radius 3 is 2.71 bits per heavy atom. The van der Waals surface area contributed by atoms with Gasteiger partial charge in [0.1, 0.15) is 5.82 Å². The highest BCUT2D eigenvalue weighted by atomic mass is 16.5. The van der Waals surface area contributed by atoms with E-state index in [0.29, 0.717) is 11.6 Å². The minimum absolute atomic E-state index is 0. The van der Waals surface area contributed by atoms with E-state index in [0.717, 1.165) is 54.7 Å². The summed E-state index contributed by atoms with van der Waals surface area (Å²) in [6.45, 7) is 1.13. The summed E-state index contributed by atoms with van der Waals surface area (Å²) in [4.78, 5) is 20.1. The van der Waals surface area contributed by atoms with E-state index >= 15 is 0 Å². The number of amides is 1. The van der Waals surface area contributed by atoms with E-state index in [4.69, 9.17) is 4.74 Å². The molecule has 184 valence electrons. The molecule has 2 aliphatic rings. The van der Waals surface area contributed by atoms with Gasteiger partial charge in [0.05, 0.1) is 30.9 Å². The zero-order valence-electron chi connectivity index (χ0n) is 19.2. The maximum atomic E-state index is 13.2. The van der Waals surface area contributed by atoms with Gasteiger partial charge in [-0.25, -0.2) is 4.98 Å². The number of phenolic OH excluding ortho intramolecular Hbond substituents is 1. The van der Waals surface area contributed by atoms with Crippen molar-refractivity contribution in [2.75, 3.05) is 30.5 Å². The summed E-state index contributed by atoms with van der Waals surface area (Å²) >= 11 is 0. The quantitative estimate of drug-likeness (QED) is 0.449. The lowest BCUT2D eigenvalue weighted by atomic mass is 9.94. The highest BCUT2D eigenvalue weighted by Gasteiger charge is 2.51. The van der Waals surface area contributed by atoms with Crippen LogP contribution in [-0.4, -0.2) is 47.4 Å². The van der Waals surface area contributed by atoms with Crippen molar-refractivity contribution in [2.24, 2.45) is 0 Å². The number of carbonyl (C=O) groups excluding carboxylic acids is 1. The second-order valence-electron chi connectivity index (χ2n) is 9.05. The fourth-order valence-electron chi connectivity index (χ4n) is 4.84. The van der Waals surface area contributed by atoms with E-state index in [-0.39, 0.29) is 30.0 Å². The fourth-order valence-corrected chi connectivity index (χ4v) is 4.84. The van der Waals surface area contributed by atoms with Crippen LogP contribution < -0.4 is 15.0 Å². The first-order valence-corrected chi connectivity index (χ1v) is 11.7. The third-order valence-electron chi connectivity index (χ3n) is 6.99. The summed E-state index contributed by atoms with van der Waals surface area (Å²) in [7, 11) is 1.50. The Morgan fingerprint density at radius 1 is 1.21 bits per heavy atom. The summed E-state index contributed by atoms with van der Waals surface area (Å²) in [5.41, 5.74) is 3.04. The second-order valence-corrected chi connectivity index (χ2v) is 9.05. The minimum atomic E-state index is -0.626. The number of nitrogens with zero attached hydrogens (tertiary/aromatic N) is 2. The molecule has 2 aromatic carbocycles. The Hall–Kier alpha value is -3.58. The van der Waals surface area contributed by atoms with Gasteiger partial charge in [-0.05, 0) is 67.6 Å². The second kappa shape index (κ2) is 8.99. The van der Waals surface area contributed by atoms with Crippen LogP contribution in [-0.2, 0) is 10.2 Å². The molecule has 0 unspecified atom stereocenters. The van der Waals surface area contributed by atoms with Crippen molar-refractivity contribution < 1.29 is 25.5 Å². The number of ether oxygens (including phenoxy) is 1. The summed E-state index contributed by atoms with van der Waals surface area (Å²) in [6.07, 6.45) is 3.58. The lowest BCUT2D eigenvalue weighted by Gasteiger charge is -2.25. The number of benzene rings is 2. The third-order valence-corrected chi connectivity index (χ3v) is 6.99. The molecule has 1 aromatic heterocycles. The number of aliphatic hydroxyl groups excluding tert-OH is 1. The number of aromatic nitrogens is 1. The SMILES string of the molecule is COc1cc(C2(C(=O)Nc3cccc(-c4ccc(N5CCC[C@@H]5CO)cc4)n3)CC2)ccc1O.[HH].[HH].[HH].[HH]. The van der Waals surface area contributed by atoms with Crippen LogP contribution >= 0.6 is 0 Å². The molecule has 3 N–H and O–H groups in total. The van der Waals surface area contributed by atoms with Gasteiger partial charge in [-0.15, -0.1) is 0 Å². The molecule has 0 spiro atoms. The van der Waals surface area contributed by atoms with Crippen LogP contribution in [0.25, 0.3) is 11.3 Å². The number of pyridine rings is 1. The first-order chi connectivity index (χ1) is 16.5. The van der Waals surface area contributed by atoms with Crippen molar-refractivity contribution in [3.8, 4) is 22.8 Å². The first kappa shape index (κ1) is 22.2. The predicted octanol–water partition coefficient (Wildman–Crippen LogP) is 5.08. The standard InChI is InChI=1S/C27H29N3O4.4H2/c1-34-24-16-19(9-12-23(24)32)27(13-14-27)26(33)29-25-6-2-5-22(28-25)18-7-10-20(11-8-18)30-15-3-4-21(30)17-31;;;;/h2,5-12,16,21,31-32H,3-4,13-15,17H2,1H3,(H,28,29,33);4*1H/t21-;;;;/m1..../s1. The zero-order chi connectivity index (χ0) is 23.7. The van der Waals surface area contributed by atoms with E-state index in [1.54, 1.807) is 24.3 Å². The molecule has 1 atom stereocenters. The number of phenols is 1. The van der Waals surface area contributed by atoms with Crippen molar-refractivity contribution in [2.45, 2.75) is 37.1 Å². The normalized spacial score (nSPS) is 18.5. The molecular weight excluding hydrogens is 430 g/mol. The Bertz CT molecular complexity index is 1210. The lowest BCUT2D eigenvalue weighted by Crippen LogP contribution is -2.31. The number of hydrogen-bond donors (Lipinski definition) is 3. The Balaban J connectivity index is 0.00000180. The van der Waals surface area contributed by atoms with Gasteiger partial charge < -0.3 is 25.2 Å². The van der Waals surface area contributed by atoms with Crippen molar-refractivity contribution in [1.29, 1.82) is 0 Å². The van der Waals surface area contributed by atoms with Gasteiger partial charge in [-0.2, -0.15) is 0 Å². The number of aromatic hydroxyl groups is 1. The molecule has 1 aliphatic carbocycles. The fraction of sp³-hybridized carbons (Fsp3) is 0.333. The smallest absolute Gasteiger partial charge is 0.236 e.